The Kier molecular flexibility index (Phi) is 3.89. The van der Waals surface area contributed by atoms with E-state index < -0.39 is 5.41 Å². The van der Waals surface area contributed by atoms with Crippen molar-refractivity contribution >= 4 is 11.5 Å². The summed E-state index contributed by atoms with van der Waals surface area (Å²) in [7, 11) is 0. The lowest BCUT2D eigenvalue weighted by Crippen LogP contribution is -2.29. The first-order valence-electron chi connectivity index (χ1n) is 6.90. The van der Waals surface area contributed by atoms with Gasteiger partial charge in [-0.3, -0.25) is 4.79 Å². The number of hydrogen-bond donors (Lipinski definition) is 1. The predicted molar refractivity (Wildman–Crippen MR) is 80.2 cm³/mol. The number of Topliss-reactive ketones (excluding diaryl/α,β-unsaturated/α-hetero) is 1. The maximum absolute atomic E-state index is 12.8. The van der Waals surface area contributed by atoms with Gasteiger partial charge >= 0.3 is 0 Å². The highest BCUT2D eigenvalue weighted by Gasteiger charge is 2.35. The summed E-state index contributed by atoms with van der Waals surface area (Å²) in [4.78, 5) is 12.8. The molecular weight excluding hydrogens is 234 g/mol. The van der Waals surface area contributed by atoms with Crippen LogP contribution in [0.5, 0.6) is 0 Å². The van der Waals surface area contributed by atoms with Crippen molar-refractivity contribution in [2.24, 2.45) is 5.41 Å². The van der Waals surface area contributed by atoms with Crippen molar-refractivity contribution in [1.29, 1.82) is 0 Å². The molecule has 0 heterocycles. The van der Waals surface area contributed by atoms with E-state index >= 15 is 0 Å². The Bertz CT molecular complexity index is 542. The monoisotopic (exact) mass is 255 g/mol. The van der Waals surface area contributed by atoms with E-state index in [4.69, 9.17) is 5.73 Å². The van der Waals surface area contributed by atoms with E-state index in [1.807, 2.05) is 36.4 Å². The second-order valence-corrected chi connectivity index (χ2v) is 5.11. The predicted octanol–water partition coefficient (Wildman–Crippen LogP) is 3.93. The Labute approximate surface area is 115 Å². The average Bonchev–Trinajstić information content (AvgIpc) is 2.47. The first-order chi connectivity index (χ1) is 9.13. The van der Waals surface area contributed by atoms with Gasteiger partial charge in [-0.1, -0.05) is 44.2 Å². The van der Waals surface area contributed by atoms with Gasteiger partial charge in [0, 0.05) is 11.3 Å². The van der Waals surface area contributed by atoms with Crippen molar-refractivity contribution in [2.75, 3.05) is 5.73 Å². The van der Waals surface area contributed by atoms with Gasteiger partial charge in [0.15, 0.2) is 5.78 Å². The average molecular weight is 255 g/mol. The normalized spacial score (nSPS) is 21.6. The number of allylic oxidation sites excluding steroid dienone is 4. The Morgan fingerprint density at radius 3 is 2.63 bits per heavy atom. The van der Waals surface area contributed by atoms with Gasteiger partial charge in [0.25, 0.3) is 0 Å². The summed E-state index contributed by atoms with van der Waals surface area (Å²) < 4.78 is 0. The second-order valence-electron chi connectivity index (χ2n) is 5.11. The standard InChI is InChI=1S/C17H21NO/c1-3-13-8-9-14(15(18)12-13)16(19)17(4-2)10-6-5-7-11-17/h5-10,12H,3-4,11,18H2,1-2H3. The van der Waals surface area contributed by atoms with Crippen LogP contribution in [0.15, 0.2) is 42.5 Å². The number of hydrogen-bond acceptors (Lipinski definition) is 2. The molecule has 1 atom stereocenters. The molecule has 2 nitrogen and oxygen atoms in total. The van der Waals surface area contributed by atoms with Crippen LogP contribution in [0.1, 0.15) is 42.6 Å². The quantitative estimate of drug-likeness (QED) is 0.654. The lowest BCUT2D eigenvalue weighted by molar-refractivity contribution is 0.0848. The third kappa shape index (κ3) is 2.48. The maximum Gasteiger partial charge on any atom is 0.175 e. The van der Waals surface area contributed by atoms with Crippen molar-refractivity contribution in [3.8, 4) is 0 Å². The lowest BCUT2D eigenvalue weighted by atomic mass is 9.73. The molecule has 1 unspecified atom stereocenters. The molecule has 1 aromatic carbocycles. The van der Waals surface area contributed by atoms with Gasteiger partial charge in [0.1, 0.15) is 0 Å². The number of aryl methyl sites for hydroxylation is 1. The van der Waals surface area contributed by atoms with Crippen molar-refractivity contribution in [2.45, 2.75) is 33.1 Å². The summed E-state index contributed by atoms with van der Waals surface area (Å²) in [5.74, 6) is 0.135. The third-order valence-corrected chi connectivity index (χ3v) is 4.00. The largest absolute Gasteiger partial charge is 0.398 e. The summed E-state index contributed by atoms with van der Waals surface area (Å²) in [5, 5.41) is 0. The molecule has 0 aromatic heterocycles. The zero-order valence-electron chi connectivity index (χ0n) is 11.6. The number of nitrogens with two attached hydrogens (primary N) is 1. The SMILES string of the molecule is CCc1ccc(C(=O)C2(CC)C=CC=CC2)c(N)c1. The molecular formula is C17H21NO. The molecule has 0 aliphatic heterocycles. The highest BCUT2D eigenvalue weighted by Crippen LogP contribution is 2.36. The fourth-order valence-corrected chi connectivity index (χ4v) is 2.56. The molecule has 0 amide bonds. The zero-order valence-corrected chi connectivity index (χ0v) is 11.6. The number of carbonyl (C=O) groups excluding carboxylic acids is 1. The molecule has 0 saturated heterocycles. The molecule has 0 fully saturated rings. The Morgan fingerprint density at radius 2 is 2.11 bits per heavy atom. The summed E-state index contributed by atoms with van der Waals surface area (Å²) in [5.41, 5.74) is 8.05. The van der Waals surface area contributed by atoms with E-state index in [-0.39, 0.29) is 5.78 Å². The summed E-state index contributed by atoms with van der Waals surface area (Å²) in [6.45, 7) is 4.14. The topological polar surface area (TPSA) is 43.1 Å². The molecule has 2 N–H and O–H groups in total. The van der Waals surface area contributed by atoms with E-state index in [1.54, 1.807) is 0 Å². The van der Waals surface area contributed by atoms with Crippen LogP contribution >= 0.6 is 0 Å². The van der Waals surface area contributed by atoms with Gasteiger partial charge < -0.3 is 5.73 Å². The van der Waals surface area contributed by atoms with Gasteiger partial charge in [-0.15, -0.1) is 0 Å². The van der Waals surface area contributed by atoms with E-state index in [0.29, 0.717) is 11.3 Å². The van der Waals surface area contributed by atoms with E-state index in [1.165, 1.54) is 5.56 Å². The smallest absolute Gasteiger partial charge is 0.175 e. The molecule has 100 valence electrons. The van der Waals surface area contributed by atoms with Crippen LogP contribution in [-0.2, 0) is 6.42 Å². The highest BCUT2D eigenvalue weighted by molar-refractivity contribution is 6.05. The number of anilines is 1. The van der Waals surface area contributed by atoms with Gasteiger partial charge in [-0.2, -0.15) is 0 Å². The molecule has 1 aromatic rings. The lowest BCUT2D eigenvalue weighted by Gasteiger charge is -2.29. The Hall–Kier alpha value is -1.83. The van der Waals surface area contributed by atoms with Crippen LogP contribution in [-0.4, -0.2) is 5.78 Å². The van der Waals surface area contributed by atoms with Crippen molar-refractivity contribution in [1.82, 2.24) is 0 Å². The fraction of sp³-hybridized carbons (Fsp3) is 0.353. The summed E-state index contributed by atoms with van der Waals surface area (Å²) in [6.07, 6.45) is 10.5. The molecule has 19 heavy (non-hydrogen) atoms. The van der Waals surface area contributed by atoms with Gasteiger partial charge in [0.05, 0.1) is 5.41 Å². The van der Waals surface area contributed by atoms with Crippen LogP contribution in [0.4, 0.5) is 5.69 Å². The van der Waals surface area contributed by atoms with Crippen LogP contribution in [0.3, 0.4) is 0 Å². The minimum Gasteiger partial charge on any atom is -0.398 e. The van der Waals surface area contributed by atoms with Gasteiger partial charge in [0.2, 0.25) is 0 Å². The molecule has 0 spiro atoms. The Balaban J connectivity index is 2.38. The van der Waals surface area contributed by atoms with Crippen molar-refractivity contribution in [3.63, 3.8) is 0 Å². The van der Waals surface area contributed by atoms with Gasteiger partial charge in [-0.05, 0) is 37.0 Å². The molecule has 2 rings (SSSR count). The molecule has 2 heteroatoms. The van der Waals surface area contributed by atoms with Crippen LogP contribution in [0, 0.1) is 5.41 Å². The van der Waals surface area contributed by atoms with Crippen LogP contribution < -0.4 is 5.73 Å². The van der Waals surface area contributed by atoms with Gasteiger partial charge in [-0.25, -0.2) is 0 Å². The van der Waals surface area contributed by atoms with E-state index in [2.05, 4.69) is 19.9 Å². The van der Waals surface area contributed by atoms with E-state index in [0.717, 1.165) is 19.3 Å². The number of nitrogen functional groups attached to an aromatic ring is 1. The minimum absolute atomic E-state index is 0.135. The fourth-order valence-electron chi connectivity index (χ4n) is 2.56. The number of ketones is 1. The van der Waals surface area contributed by atoms with E-state index in [9.17, 15) is 4.79 Å². The summed E-state index contributed by atoms with van der Waals surface area (Å²) in [6, 6.07) is 5.79. The van der Waals surface area contributed by atoms with Crippen LogP contribution in [0.2, 0.25) is 0 Å². The number of rotatable bonds is 4. The van der Waals surface area contributed by atoms with Crippen molar-refractivity contribution in [3.05, 3.63) is 53.6 Å². The highest BCUT2D eigenvalue weighted by atomic mass is 16.1. The Morgan fingerprint density at radius 1 is 1.32 bits per heavy atom. The summed E-state index contributed by atoms with van der Waals surface area (Å²) >= 11 is 0. The molecule has 1 aliphatic rings. The molecule has 0 saturated carbocycles. The first-order valence-corrected chi connectivity index (χ1v) is 6.90. The van der Waals surface area contributed by atoms with Crippen LogP contribution in [0.25, 0.3) is 0 Å². The number of carbonyl (C=O) groups is 1. The number of benzene rings is 1. The third-order valence-electron chi connectivity index (χ3n) is 4.00. The maximum atomic E-state index is 12.8. The second kappa shape index (κ2) is 5.43. The molecule has 1 aliphatic carbocycles. The molecule has 0 bridgehead atoms. The zero-order chi connectivity index (χ0) is 13.9. The van der Waals surface area contributed by atoms with Crippen molar-refractivity contribution < 1.29 is 4.79 Å². The first kappa shape index (κ1) is 13.6. The molecule has 0 radical (unpaired) electrons. The minimum atomic E-state index is -0.420.